The molecule has 1 saturated heterocycles. The van der Waals surface area contributed by atoms with Crippen LogP contribution in [0.2, 0.25) is 0 Å². The van der Waals surface area contributed by atoms with Gasteiger partial charge in [-0.05, 0) is 18.2 Å². The van der Waals surface area contributed by atoms with E-state index in [9.17, 15) is 8.78 Å². The molecule has 2 aromatic rings. The van der Waals surface area contributed by atoms with Gasteiger partial charge in [0, 0.05) is 17.9 Å². The fraction of sp³-hybridized carbons (Fsp3) is 0.417. The van der Waals surface area contributed by atoms with Crippen LogP contribution in [0.3, 0.4) is 0 Å². The van der Waals surface area contributed by atoms with Gasteiger partial charge in [-0.2, -0.15) is 11.8 Å². The third-order valence-electron chi connectivity index (χ3n) is 3.18. The topological polar surface area (TPSA) is 17.8 Å². The molecule has 0 radical (unpaired) electrons. The number of imidazole rings is 1. The normalized spacial score (nSPS) is 19.8. The predicted molar refractivity (Wildman–Crippen MR) is 70.2 cm³/mol. The van der Waals surface area contributed by atoms with Crippen molar-refractivity contribution >= 4 is 34.4 Å². The van der Waals surface area contributed by atoms with Crippen LogP contribution in [-0.4, -0.2) is 21.1 Å². The summed E-state index contributed by atoms with van der Waals surface area (Å²) < 4.78 is 29.0. The highest BCUT2D eigenvalue weighted by Gasteiger charge is 2.24. The summed E-state index contributed by atoms with van der Waals surface area (Å²) in [4.78, 5) is 4.20. The summed E-state index contributed by atoms with van der Waals surface area (Å²) >= 11 is 7.71. The fourth-order valence-corrected chi connectivity index (χ4v) is 3.78. The number of fused-ring (bicyclic) bond motifs is 1. The molecule has 0 spiro atoms. The van der Waals surface area contributed by atoms with Crippen LogP contribution < -0.4 is 0 Å². The summed E-state index contributed by atoms with van der Waals surface area (Å²) in [6.45, 7) is 0. The maximum Gasteiger partial charge on any atom is 0.153 e. The molecule has 2 nitrogen and oxygen atoms in total. The zero-order chi connectivity index (χ0) is 12.7. The van der Waals surface area contributed by atoms with Gasteiger partial charge in [-0.3, -0.25) is 0 Å². The van der Waals surface area contributed by atoms with Gasteiger partial charge in [-0.25, -0.2) is 13.8 Å². The third kappa shape index (κ3) is 1.89. The molecule has 18 heavy (non-hydrogen) atoms. The first-order valence-electron chi connectivity index (χ1n) is 5.70. The summed E-state index contributed by atoms with van der Waals surface area (Å²) in [6.07, 6.45) is 0.984. The van der Waals surface area contributed by atoms with E-state index in [0.717, 1.165) is 24.0 Å². The van der Waals surface area contributed by atoms with Crippen LogP contribution in [0.4, 0.5) is 8.78 Å². The van der Waals surface area contributed by atoms with Gasteiger partial charge in [0.05, 0.1) is 11.4 Å². The average molecular weight is 289 g/mol. The molecule has 2 heterocycles. The maximum absolute atomic E-state index is 13.7. The molecule has 1 aliphatic heterocycles. The van der Waals surface area contributed by atoms with Crippen LogP contribution in [0.25, 0.3) is 11.0 Å². The standard InChI is InChI=1S/C12H11ClF2N2S/c13-5-11-16-12-9(15)3-7(14)4-10(12)17(11)8-1-2-18-6-8/h3-4,8H,1-2,5-6H2. The Labute approximate surface area is 112 Å². The molecule has 0 aliphatic carbocycles. The van der Waals surface area contributed by atoms with E-state index in [1.165, 1.54) is 6.07 Å². The molecular formula is C12H11ClF2N2S. The van der Waals surface area contributed by atoms with Crippen molar-refractivity contribution in [2.24, 2.45) is 0 Å². The molecule has 1 aromatic heterocycles. The van der Waals surface area contributed by atoms with E-state index in [2.05, 4.69) is 4.98 Å². The van der Waals surface area contributed by atoms with Crippen LogP contribution in [0.1, 0.15) is 18.3 Å². The highest BCUT2D eigenvalue weighted by Crippen LogP contribution is 2.33. The number of rotatable bonds is 2. The zero-order valence-corrected chi connectivity index (χ0v) is 11.1. The fourth-order valence-electron chi connectivity index (χ4n) is 2.40. The summed E-state index contributed by atoms with van der Waals surface area (Å²) in [5.41, 5.74) is 0.722. The Balaban J connectivity index is 2.26. The van der Waals surface area contributed by atoms with Gasteiger partial charge in [0.2, 0.25) is 0 Å². The zero-order valence-electron chi connectivity index (χ0n) is 9.50. The van der Waals surface area contributed by atoms with Gasteiger partial charge < -0.3 is 4.57 Å². The molecule has 1 aromatic carbocycles. The lowest BCUT2D eigenvalue weighted by molar-refractivity contribution is 0.555. The molecule has 96 valence electrons. The first-order valence-corrected chi connectivity index (χ1v) is 7.39. The molecule has 1 unspecified atom stereocenters. The van der Waals surface area contributed by atoms with Crippen LogP contribution >= 0.6 is 23.4 Å². The Bertz CT molecular complexity index is 593. The van der Waals surface area contributed by atoms with Crippen molar-refractivity contribution in [3.05, 3.63) is 29.6 Å². The van der Waals surface area contributed by atoms with E-state index < -0.39 is 11.6 Å². The minimum absolute atomic E-state index is 0.205. The Morgan fingerprint density at radius 1 is 1.44 bits per heavy atom. The van der Waals surface area contributed by atoms with Crippen LogP contribution in [0, 0.1) is 11.6 Å². The summed E-state index contributed by atoms with van der Waals surface area (Å²) in [6, 6.07) is 2.43. The lowest BCUT2D eigenvalue weighted by atomic mass is 10.2. The van der Waals surface area contributed by atoms with Crippen molar-refractivity contribution in [3.63, 3.8) is 0 Å². The second-order valence-corrected chi connectivity index (χ2v) is 5.72. The second-order valence-electron chi connectivity index (χ2n) is 4.30. The summed E-state index contributed by atoms with van der Waals surface area (Å²) in [7, 11) is 0. The highest BCUT2D eigenvalue weighted by atomic mass is 35.5. The number of thioether (sulfide) groups is 1. The SMILES string of the molecule is Fc1cc(F)c2nc(CCl)n(C3CCSC3)c2c1. The molecule has 3 rings (SSSR count). The first-order chi connectivity index (χ1) is 8.70. The number of halogens is 3. The number of aromatic nitrogens is 2. The van der Waals surface area contributed by atoms with Crippen molar-refractivity contribution < 1.29 is 8.78 Å². The van der Waals surface area contributed by atoms with E-state index in [1.807, 2.05) is 16.3 Å². The van der Waals surface area contributed by atoms with Crippen LogP contribution in [0.5, 0.6) is 0 Å². The van der Waals surface area contributed by atoms with Gasteiger partial charge in [0.25, 0.3) is 0 Å². The lowest BCUT2D eigenvalue weighted by Gasteiger charge is -2.14. The quantitative estimate of drug-likeness (QED) is 0.784. The van der Waals surface area contributed by atoms with Crippen LogP contribution in [-0.2, 0) is 5.88 Å². The molecule has 0 saturated carbocycles. The van der Waals surface area contributed by atoms with Gasteiger partial charge in [-0.1, -0.05) is 0 Å². The van der Waals surface area contributed by atoms with E-state index in [4.69, 9.17) is 11.6 Å². The van der Waals surface area contributed by atoms with E-state index in [-0.39, 0.29) is 17.4 Å². The predicted octanol–water partition coefficient (Wildman–Crippen LogP) is 3.73. The molecule has 1 aliphatic rings. The van der Waals surface area contributed by atoms with Gasteiger partial charge >= 0.3 is 0 Å². The Kier molecular flexibility index (Phi) is 3.20. The molecule has 1 atom stereocenters. The number of benzene rings is 1. The lowest BCUT2D eigenvalue weighted by Crippen LogP contribution is -2.10. The van der Waals surface area contributed by atoms with Crippen molar-refractivity contribution in [1.82, 2.24) is 9.55 Å². The number of nitrogens with zero attached hydrogens (tertiary/aromatic N) is 2. The summed E-state index contributed by atoms with van der Waals surface area (Å²) in [5.74, 6) is 1.62. The molecule has 0 N–H and O–H groups in total. The number of hydrogen-bond donors (Lipinski definition) is 0. The van der Waals surface area contributed by atoms with E-state index >= 15 is 0 Å². The summed E-state index contributed by atoms with van der Waals surface area (Å²) in [5, 5.41) is 0. The Morgan fingerprint density at radius 3 is 2.94 bits per heavy atom. The largest absolute Gasteiger partial charge is 0.323 e. The number of alkyl halides is 1. The first kappa shape index (κ1) is 12.2. The molecule has 6 heteroatoms. The Morgan fingerprint density at radius 2 is 2.28 bits per heavy atom. The Hall–Kier alpha value is -0.810. The minimum atomic E-state index is -0.624. The molecule has 0 amide bonds. The molecule has 1 fully saturated rings. The smallest absolute Gasteiger partial charge is 0.153 e. The van der Waals surface area contributed by atoms with E-state index in [0.29, 0.717) is 11.3 Å². The average Bonchev–Trinajstić information content (AvgIpc) is 2.94. The van der Waals surface area contributed by atoms with Crippen molar-refractivity contribution in [1.29, 1.82) is 0 Å². The van der Waals surface area contributed by atoms with Crippen molar-refractivity contribution in [2.45, 2.75) is 18.3 Å². The molecular weight excluding hydrogens is 278 g/mol. The van der Waals surface area contributed by atoms with Crippen LogP contribution in [0.15, 0.2) is 12.1 Å². The van der Waals surface area contributed by atoms with Gasteiger partial charge in [-0.15, -0.1) is 11.6 Å². The molecule has 0 bridgehead atoms. The monoisotopic (exact) mass is 288 g/mol. The van der Waals surface area contributed by atoms with Gasteiger partial charge in [0.15, 0.2) is 5.82 Å². The van der Waals surface area contributed by atoms with Crippen molar-refractivity contribution in [2.75, 3.05) is 11.5 Å². The number of hydrogen-bond acceptors (Lipinski definition) is 2. The minimum Gasteiger partial charge on any atom is -0.323 e. The highest BCUT2D eigenvalue weighted by molar-refractivity contribution is 7.99. The maximum atomic E-state index is 13.7. The third-order valence-corrected chi connectivity index (χ3v) is 4.56. The van der Waals surface area contributed by atoms with Gasteiger partial charge in [0.1, 0.15) is 17.2 Å². The van der Waals surface area contributed by atoms with Crippen molar-refractivity contribution in [3.8, 4) is 0 Å². The second kappa shape index (κ2) is 4.70. The van der Waals surface area contributed by atoms with E-state index in [1.54, 1.807) is 0 Å².